The Morgan fingerprint density at radius 1 is 1.04 bits per heavy atom. The number of carbonyl (C=O) groups is 1. The monoisotopic (exact) mass is 334 g/mol. The Balaban J connectivity index is 3.00. The van der Waals surface area contributed by atoms with Crippen LogP contribution in [0.5, 0.6) is 0 Å². The zero-order chi connectivity index (χ0) is 18.4. The van der Waals surface area contributed by atoms with Gasteiger partial charge < -0.3 is 9.47 Å². The summed E-state index contributed by atoms with van der Waals surface area (Å²) in [6.07, 6.45) is 3.31. The van der Waals surface area contributed by atoms with Crippen LogP contribution in [0, 0.1) is 0 Å². The predicted octanol–water partition coefficient (Wildman–Crippen LogP) is 5.78. The van der Waals surface area contributed by atoms with Crippen molar-refractivity contribution in [3.8, 4) is 0 Å². The van der Waals surface area contributed by atoms with Crippen molar-refractivity contribution in [3.05, 3.63) is 34.9 Å². The predicted molar refractivity (Wildman–Crippen MR) is 99.8 cm³/mol. The highest BCUT2D eigenvalue weighted by atomic mass is 16.7. The highest BCUT2D eigenvalue weighted by Crippen LogP contribution is 2.35. The highest BCUT2D eigenvalue weighted by Gasteiger charge is 2.25. The van der Waals surface area contributed by atoms with Crippen LogP contribution >= 0.6 is 0 Å². The third-order valence-corrected chi connectivity index (χ3v) is 5.37. The van der Waals surface area contributed by atoms with Crippen LogP contribution < -0.4 is 0 Å². The molecule has 0 spiro atoms. The summed E-state index contributed by atoms with van der Waals surface area (Å²) < 4.78 is 9.50. The average molecular weight is 335 g/mol. The van der Waals surface area contributed by atoms with Gasteiger partial charge in [-0.15, -0.1) is 0 Å². The molecular weight excluding hydrogens is 300 g/mol. The average Bonchev–Trinajstić information content (AvgIpc) is 2.58. The smallest absolute Gasteiger partial charge is 0.438 e. The van der Waals surface area contributed by atoms with Gasteiger partial charge in [0.05, 0.1) is 13.7 Å². The number of methoxy groups -OCH3 is 1. The van der Waals surface area contributed by atoms with E-state index in [0.717, 1.165) is 25.7 Å². The van der Waals surface area contributed by atoms with Crippen LogP contribution in [0.4, 0.5) is 4.79 Å². The molecule has 0 unspecified atom stereocenters. The molecule has 3 nitrogen and oxygen atoms in total. The zero-order valence-corrected chi connectivity index (χ0v) is 16.5. The molecule has 0 aliphatic rings. The van der Waals surface area contributed by atoms with Crippen LogP contribution in [0.15, 0.2) is 18.2 Å². The Bertz CT molecular complexity index is 544. The summed E-state index contributed by atoms with van der Waals surface area (Å²) in [5, 5.41) is 0. The van der Waals surface area contributed by atoms with Crippen molar-refractivity contribution >= 4 is 6.16 Å². The van der Waals surface area contributed by atoms with E-state index in [1.54, 1.807) is 0 Å². The fourth-order valence-corrected chi connectivity index (χ4v) is 2.72. The number of benzene rings is 1. The van der Waals surface area contributed by atoms with Crippen LogP contribution in [0.25, 0.3) is 0 Å². The maximum Gasteiger partial charge on any atom is 0.507 e. The molecule has 1 rings (SSSR count). The van der Waals surface area contributed by atoms with E-state index in [9.17, 15) is 4.79 Å². The molecule has 0 fully saturated rings. The summed E-state index contributed by atoms with van der Waals surface area (Å²) in [7, 11) is 1.33. The van der Waals surface area contributed by atoms with Gasteiger partial charge in [0.2, 0.25) is 0 Å². The Morgan fingerprint density at radius 2 is 1.67 bits per heavy atom. The molecule has 0 aliphatic carbocycles. The molecule has 1 aromatic rings. The van der Waals surface area contributed by atoms with Crippen molar-refractivity contribution in [2.24, 2.45) is 0 Å². The van der Waals surface area contributed by atoms with E-state index in [1.807, 2.05) is 0 Å². The summed E-state index contributed by atoms with van der Waals surface area (Å²) in [6, 6.07) is 6.91. The minimum Gasteiger partial charge on any atom is -0.438 e. The Hall–Kier alpha value is -1.51. The fraction of sp³-hybridized carbons (Fsp3) is 0.667. The minimum atomic E-state index is -0.607. The minimum absolute atomic E-state index is 0.137. The van der Waals surface area contributed by atoms with Gasteiger partial charge in [-0.1, -0.05) is 59.7 Å². The number of aryl methyl sites for hydroxylation is 1. The van der Waals surface area contributed by atoms with Crippen LogP contribution in [0.1, 0.15) is 77.5 Å². The van der Waals surface area contributed by atoms with Crippen molar-refractivity contribution in [1.29, 1.82) is 0 Å². The second-order valence-electron chi connectivity index (χ2n) is 7.75. The SMILES string of the molecule is CCC(C)(C)c1ccc(CCCOC(=O)OC)c(C(C)(C)CC)c1. The Morgan fingerprint density at radius 3 is 2.21 bits per heavy atom. The first-order valence-electron chi connectivity index (χ1n) is 9.02. The largest absolute Gasteiger partial charge is 0.507 e. The molecule has 0 bridgehead atoms. The molecule has 0 saturated heterocycles. The molecule has 0 aromatic heterocycles. The lowest BCUT2D eigenvalue weighted by atomic mass is 9.74. The number of hydrogen-bond acceptors (Lipinski definition) is 3. The van der Waals surface area contributed by atoms with Gasteiger partial charge in [-0.05, 0) is 53.2 Å². The van der Waals surface area contributed by atoms with Crippen molar-refractivity contribution in [2.45, 2.75) is 78.1 Å². The topological polar surface area (TPSA) is 35.5 Å². The third-order valence-electron chi connectivity index (χ3n) is 5.37. The molecule has 0 N–H and O–H groups in total. The normalized spacial score (nSPS) is 12.1. The first-order chi connectivity index (χ1) is 11.2. The van der Waals surface area contributed by atoms with E-state index in [4.69, 9.17) is 4.74 Å². The van der Waals surface area contributed by atoms with Crippen LogP contribution in [0.3, 0.4) is 0 Å². The van der Waals surface area contributed by atoms with Gasteiger partial charge in [0.25, 0.3) is 0 Å². The number of rotatable bonds is 8. The van der Waals surface area contributed by atoms with Gasteiger partial charge in [0.15, 0.2) is 0 Å². The Labute approximate surface area is 147 Å². The van der Waals surface area contributed by atoms with Crippen LogP contribution in [-0.4, -0.2) is 19.9 Å². The molecule has 3 heteroatoms. The fourth-order valence-electron chi connectivity index (χ4n) is 2.72. The maximum absolute atomic E-state index is 11.0. The molecule has 1 aromatic carbocycles. The van der Waals surface area contributed by atoms with Crippen LogP contribution in [0.2, 0.25) is 0 Å². The molecular formula is C21H34O3. The number of ether oxygens (including phenoxy) is 2. The Kier molecular flexibility index (Phi) is 7.31. The molecule has 0 radical (unpaired) electrons. The van der Waals surface area contributed by atoms with E-state index in [1.165, 1.54) is 23.8 Å². The van der Waals surface area contributed by atoms with E-state index < -0.39 is 6.16 Å². The summed E-state index contributed by atoms with van der Waals surface area (Å²) in [6.45, 7) is 14.1. The standard InChI is InChI=1S/C21H34O3/c1-8-20(3,4)17-13-12-16(11-10-14-24-19(22)23-7)18(15-17)21(5,6)9-2/h12-13,15H,8-11,14H2,1-7H3. The maximum atomic E-state index is 11.0. The molecule has 24 heavy (non-hydrogen) atoms. The third kappa shape index (κ3) is 5.25. The van der Waals surface area contributed by atoms with Crippen molar-refractivity contribution in [1.82, 2.24) is 0 Å². The second kappa shape index (κ2) is 8.55. The zero-order valence-electron chi connectivity index (χ0n) is 16.5. The summed E-state index contributed by atoms with van der Waals surface area (Å²) in [5.74, 6) is 0. The van der Waals surface area contributed by atoms with E-state index in [0.29, 0.717) is 6.61 Å². The van der Waals surface area contributed by atoms with E-state index >= 15 is 0 Å². The lowest BCUT2D eigenvalue weighted by Crippen LogP contribution is -2.22. The van der Waals surface area contributed by atoms with E-state index in [-0.39, 0.29) is 10.8 Å². The summed E-state index contributed by atoms with van der Waals surface area (Å²) in [5.41, 5.74) is 4.49. The van der Waals surface area contributed by atoms with Gasteiger partial charge in [-0.2, -0.15) is 0 Å². The van der Waals surface area contributed by atoms with Gasteiger partial charge >= 0.3 is 6.16 Å². The van der Waals surface area contributed by atoms with Gasteiger partial charge in [-0.3, -0.25) is 0 Å². The van der Waals surface area contributed by atoms with Crippen molar-refractivity contribution < 1.29 is 14.3 Å². The number of hydrogen-bond donors (Lipinski definition) is 0. The first kappa shape index (κ1) is 20.5. The molecule has 0 amide bonds. The van der Waals surface area contributed by atoms with Crippen molar-refractivity contribution in [3.63, 3.8) is 0 Å². The molecule has 0 heterocycles. The molecule has 0 atom stereocenters. The first-order valence-corrected chi connectivity index (χ1v) is 9.02. The van der Waals surface area contributed by atoms with E-state index in [2.05, 4.69) is 64.5 Å². The number of carbonyl (C=O) groups excluding carboxylic acids is 1. The molecule has 0 saturated carbocycles. The quantitative estimate of drug-likeness (QED) is 0.447. The second-order valence-corrected chi connectivity index (χ2v) is 7.75. The summed E-state index contributed by atoms with van der Waals surface area (Å²) in [4.78, 5) is 11.0. The highest BCUT2D eigenvalue weighted by molar-refractivity contribution is 5.59. The van der Waals surface area contributed by atoms with Gasteiger partial charge in [0.1, 0.15) is 0 Å². The van der Waals surface area contributed by atoms with Crippen LogP contribution in [-0.2, 0) is 26.7 Å². The summed E-state index contributed by atoms with van der Waals surface area (Å²) >= 11 is 0. The van der Waals surface area contributed by atoms with Gasteiger partial charge in [-0.25, -0.2) is 4.79 Å². The lowest BCUT2D eigenvalue weighted by Gasteiger charge is -2.31. The van der Waals surface area contributed by atoms with Gasteiger partial charge in [0, 0.05) is 0 Å². The molecule has 0 aliphatic heterocycles. The molecule has 136 valence electrons. The van der Waals surface area contributed by atoms with Crippen molar-refractivity contribution in [2.75, 3.05) is 13.7 Å². The lowest BCUT2D eigenvalue weighted by molar-refractivity contribution is 0.0719.